The summed E-state index contributed by atoms with van der Waals surface area (Å²) in [5.41, 5.74) is -0.838. The summed E-state index contributed by atoms with van der Waals surface area (Å²) in [4.78, 5) is 11.8. The molecule has 3 nitrogen and oxygen atoms in total. The van der Waals surface area contributed by atoms with E-state index >= 15 is 0 Å². The minimum atomic E-state index is -0.689. The molecule has 0 bridgehead atoms. The molecule has 1 amide bonds. The smallest absolute Gasteiger partial charge is 0.240 e. The monoisotopic (exact) mass is 194 g/mol. The minimum Gasteiger partial charge on any atom is -0.350 e. The Kier molecular flexibility index (Phi) is 2.84. The van der Waals surface area contributed by atoms with Crippen molar-refractivity contribution in [1.82, 2.24) is 5.32 Å². The second-order valence-corrected chi connectivity index (χ2v) is 4.42. The van der Waals surface area contributed by atoms with Gasteiger partial charge in [-0.2, -0.15) is 5.26 Å². The van der Waals surface area contributed by atoms with Crippen LogP contribution in [0.4, 0.5) is 0 Å². The lowest BCUT2D eigenvalue weighted by Gasteiger charge is -2.29. The van der Waals surface area contributed by atoms with Crippen LogP contribution in [0.2, 0.25) is 0 Å². The van der Waals surface area contributed by atoms with Crippen LogP contribution in [0.3, 0.4) is 0 Å². The summed E-state index contributed by atoms with van der Waals surface area (Å²) >= 11 is 0. The zero-order chi connectivity index (χ0) is 10.8. The van der Waals surface area contributed by atoms with E-state index in [1.807, 2.05) is 6.92 Å². The van der Waals surface area contributed by atoms with Crippen molar-refractivity contribution in [3.63, 3.8) is 0 Å². The normalized spacial score (nSPS) is 18.4. The molecule has 0 aromatic carbocycles. The molecule has 0 aliphatic heterocycles. The maximum atomic E-state index is 11.8. The first-order chi connectivity index (χ1) is 6.52. The van der Waals surface area contributed by atoms with Gasteiger partial charge in [0.15, 0.2) is 0 Å². The van der Waals surface area contributed by atoms with Crippen molar-refractivity contribution in [2.75, 3.05) is 0 Å². The van der Waals surface area contributed by atoms with E-state index < -0.39 is 5.41 Å². The molecule has 0 unspecified atom stereocenters. The van der Waals surface area contributed by atoms with Crippen LogP contribution in [0.5, 0.6) is 0 Å². The molecule has 1 aliphatic rings. The molecule has 1 aliphatic carbocycles. The molecule has 0 heterocycles. The topological polar surface area (TPSA) is 52.9 Å². The Morgan fingerprint density at radius 3 is 2.29 bits per heavy atom. The summed E-state index contributed by atoms with van der Waals surface area (Å²) in [5, 5.41) is 11.8. The highest BCUT2D eigenvalue weighted by atomic mass is 16.2. The molecule has 1 N–H and O–H groups in total. The van der Waals surface area contributed by atoms with Crippen LogP contribution < -0.4 is 5.32 Å². The van der Waals surface area contributed by atoms with Gasteiger partial charge in [-0.15, -0.1) is 0 Å². The molecule has 78 valence electrons. The van der Waals surface area contributed by atoms with E-state index in [1.54, 1.807) is 0 Å². The third-order valence-electron chi connectivity index (χ3n) is 3.37. The molecule has 3 heteroatoms. The fraction of sp³-hybridized carbons (Fsp3) is 0.818. The number of nitriles is 1. The van der Waals surface area contributed by atoms with Crippen LogP contribution in [0, 0.1) is 16.7 Å². The average Bonchev–Trinajstić information content (AvgIpc) is 2.98. The van der Waals surface area contributed by atoms with E-state index in [0.717, 1.165) is 25.7 Å². The second kappa shape index (κ2) is 3.61. The summed E-state index contributed by atoms with van der Waals surface area (Å²) in [7, 11) is 0. The molecule has 1 fully saturated rings. The first-order valence-electron chi connectivity index (χ1n) is 5.26. The predicted octanol–water partition coefficient (Wildman–Crippen LogP) is 1.99. The summed E-state index contributed by atoms with van der Waals surface area (Å²) in [6.07, 6.45) is 3.24. The summed E-state index contributed by atoms with van der Waals surface area (Å²) in [5.74, 6) is -0.0776. The van der Waals surface area contributed by atoms with E-state index in [1.165, 1.54) is 0 Å². The van der Waals surface area contributed by atoms with Gasteiger partial charge in [0.05, 0.1) is 6.07 Å². The van der Waals surface area contributed by atoms with Crippen LogP contribution >= 0.6 is 0 Å². The zero-order valence-electron chi connectivity index (χ0n) is 9.18. The molecule has 0 aromatic heterocycles. The zero-order valence-corrected chi connectivity index (χ0v) is 9.18. The van der Waals surface area contributed by atoms with Gasteiger partial charge < -0.3 is 5.32 Å². The molecule has 0 aromatic rings. The number of rotatable bonds is 4. The van der Waals surface area contributed by atoms with Gasteiger partial charge in [-0.25, -0.2) is 0 Å². The number of nitrogens with one attached hydrogen (secondary N) is 1. The number of hydrogen-bond donors (Lipinski definition) is 1. The lowest BCUT2D eigenvalue weighted by atomic mass is 9.94. The Bertz CT molecular complexity index is 270. The van der Waals surface area contributed by atoms with Crippen molar-refractivity contribution in [1.29, 1.82) is 5.26 Å². The molecular formula is C11H18N2O. The van der Waals surface area contributed by atoms with Crippen molar-refractivity contribution in [2.24, 2.45) is 5.41 Å². The van der Waals surface area contributed by atoms with Gasteiger partial charge in [0.1, 0.15) is 5.41 Å². The number of carbonyl (C=O) groups excluding carboxylic acids is 1. The van der Waals surface area contributed by atoms with Crippen LogP contribution in [0.15, 0.2) is 0 Å². The van der Waals surface area contributed by atoms with Gasteiger partial charge >= 0.3 is 0 Å². The van der Waals surface area contributed by atoms with Crippen molar-refractivity contribution in [3.05, 3.63) is 0 Å². The third kappa shape index (κ3) is 1.89. The van der Waals surface area contributed by atoms with Gasteiger partial charge in [0, 0.05) is 5.54 Å². The molecule has 0 atom stereocenters. The van der Waals surface area contributed by atoms with Crippen LogP contribution in [0.1, 0.15) is 46.5 Å². The first-order valence-corrected chi connectivity index (χ1v) is 5.26. The van der Waals surface area contributed by atoms with Gasteiger partial charge in [0.2, 0.25) is 5.91 Å². The number of amides is 1. The Hall–Kier alpha value is -1.04. The van der Waals surface area contributed by atoms with Gasteiger partial charge in [0.25, 0.3) is 0 Å². The highest BCUT2D eigenvalue weighted by Crippen LogP contribution is 2.45. The summed E-state index contributed by atoms with van der Waals surface area (Å²) in [6.45, 7) is 6.13. The third-order valence-corrected chi connectivity index (χ3v) is 3.37. The van der Waals surface area contributed by atoms with Crippen LogP contribution in [-0.2, 0) is 4.79 Å². The van der Waals surface area contributed by atoms with E-state index in [4.69, 9.17) is 5.26 Å². The number of carbonyl (C=O) groups is 1. The first kappa shape index (κ1) is 11.0. The average molecular weight is 194 g/mol. The summed E-state index contributed by atoms with van der Waals surface area (Å²) in [6, 6.07) is 2.11. The standard InChI is InChI=1S/C11H18N2O/c1-4-10(3,5-2)13-9(14)11(8-12)6-7-11/h4-7H2,1-3H3,(H,13,14). The lowest BCUT2D eigenvalue weighted by molar-refractivity contribution is -0.126. The lowest BCUT2D eigenvalue weighted by Crippen LogP contribution is -2.47. The molecule has 0 saturated heterocycles. The summed E-state index contributed by atoms with van der Waals surface area (Å²) < 4.78 is 0. The number of nitrogens with zero attached hydrogens (tertiary/aromatic N) is 1. The molecule has 14 heavy (non-hydrogen) atoms. The maximum Gasteiger partial charge on any atom is 0.240 e. The molecule has 1 saturated carbocycles. The molecule has 1 rings (SSSR count). The molecular weight excluding hydrogens is 176 g/mol. The van der Waals surface area contributed by atoms with E-state index in [0.29, 0.717) is 0 Å². The van der Waals surface area contributed by atoms with Crippen LogP contribution in [0.25, 0.3) is 0 Å². The highest BCUT2D eigenvalue weighted by molar-refractivity contribution is 5.88. The van der Waals surface area contributed by atoms with Crippen molar-refractivity contribution < 1.29 is 4.79 Å². The van der Waals surface area contributed by atoms with E-state index in [2.05, 4.69) is 25.2 Å². The fourth-order valence-corrected chi connectivity index (χ4v) is 1.34. The Balaban J connectivity index is 2.61. The van der Waals surface area contributed by atoms with E-state index in [9.17, 15) is 4.79 Å². The van der Waals surface area contributed by atoms with Gasteiger partial charge in [-0.3, -0.25) is 4.79 Å². The fourth-order valence-electron chi connectivity index (χ4n) is 1.34. The Morgan fingerprint density at radius 1 is 1.50 bits per heavy atom. The molecule has 0 radical (unpaired) electrons. The largest absolute Gasteiger partial charge is 0.350 e. The van der Waals surface area contributed by atoms with Crippen molar-refractivity contribution in [2.45, 2.75) is 52.0 Å². The van der Waals surface area contributed by atoms with Gasteiger partial charge in [-0.1, -0.05) is 13.8 Å². The van der Waals surface area contributed by atoms with E-state index in [-0.39, 0.29) is 11.4 Å². The minimum absolute atomic E-state index is 0.0776. The number of hydrogen-bond acceptors (Lipinski definition) is 2. The highest BCUT2D eigenvalue weighted by Gasteiger charge is 2.51. The Morgan fingerprint density at radius 2 is 2.00 bits per heavy atom. The van der Waals surface area contributed by atoms with Gasteiger partial charge in [-0.05, 0) is 32.6 Å². The quantitative estimate of drug-likeness (QED) is 0.744. The SMILES string of the molecule is CCC(C)(CC)NC(=O)C1(C#N)CC1. The van der Waals surface area contributed by atoms with Crippen molar-refractivity contribution in [3.8, 4) is 6.07 Å². The second-order valence-electron chi connectivity index (χ2n) is 4.42. The van der Waals surface area contributed by atoms with Crippen molar-refractivity contribution >= 4 is 5.91 Å². The maximum absolute atomic E-state index is 11.8. The van der Waals surface area contributed by atoms with Crippen LogP contribution in [-0.4, -0.2) is 11.4 Å². The Labute approximate surface area is 85.5 Å². The predicted molar refractivity (Wildman–Crippen MR) is 54.4 cm³/mol. The molecule has 0 spiro atoms.